The summed E-state index contributed by atoms with van der Waals surface area (Å²) >= 11 is 8.81. The van der Waals surface area contributed by atoms with E-state index in [-0.39, 0.29) is 20.9 Å². The molecule has 2 rings (SSSR count). The number of halogens is 3. The third-order valence-electron chi connectivity index (χ3n) is 2.66. The monoisotopic (exact) mass is 346 g/mol. The first kappa shape index (κ1) is 14.0. The Morgan fingerprint density at radius 3 is 2.68 bits per heavy atom. The van der Waals surface area contributed by atoms with Crippen LogP contribution in [0.25, 0.3) is 5.69 Å². The van der Waals surface area contributed by atoms with Crippen molar-refractivity contribution >= 4 is 27.5 Å². The normalized spacial score (nSPS) is 10.7. The molecule has 0 unspecified atom stereocenters. The Kier molecular flexibility index (Phi) is 3.91. The second kappa shape index (κ2) is 5.30. The largest absolute Gasteiger partial charge is 0.334 e. The second-order valence-corrected chi connectivity index (χ2v) is 5.05. The summed E-state index contributed by atoms with van der Waals surface area (Å²) in [7, 11) is 0. The van der Waals surface area contributed by atoms with Crippen LogP contribution < -0.4 is 11.2 Å². The molecule has 0 atom stereocenters. The van der Waals surface area contributed by atoms with Crippen LogP contribution in [-0.4, -0.2) is 9.55 Å². The van der Waals surface area contributed by atoms with Crippen molar-refractivity contribution in [1.82, 2.24) is 9.55 Å². The number of aromatic nitrogens is 2. The molecule has 1 heterocycles. The van der Waals surface area contributed by atoms with Crippen molar-refractivity contribution in [3.05, 3.63) is 60.0 Å². The quantitative estimate of drug-likeness (QED) is 0.849. The summed E-state index contributed by atoms with van der Waals surface area (Å²) in [6.45, 7) is 1.74. The standard InChI is InChI=1S/C12H9BrClFN2O2/c1-2-7-10(14)16-12(19)17(11(7)18)6-3-4-8(13)9(15)5-6/h3-5H,2H2,1H3,(H,16,19). The fraction of sp³-hybridized carbons (Fsp3) is 0.167. The number of benzene rings is 1. The Labute approximate surface area is 121 Å². The van der Waals surface area contributed by atoms with Gasteiger partial charge < -0.3 is 0 Å². The van der Waals surface area contributed by atoms with Gasteiger partial charge in [-0.3, -0.25) is 9.78 Å². The summed E-state index contributed by atoms with van der Waals surface area (Å²) in [4.78, 5) is 26.3. The molecule has 0 radical (unpaired) electrons. The number of hydrogen-bond acceptors (Lipinski definition) is 2. The first-order valence-corrected chi connectivity index (χ1v) is 6.62. The summed E-state index contributed by atoms with van der Waals surface area (Å²) in [5, 5.41) is 0.0198. The molecule has 0 aliphatic heterocycles. The van der Waals surface area contributed by atoms with E-state index in [1.165, 1.54) is 12.1 Å². The highest BCUT2D eigenvalue weighted by molar-refractivity contribution is 9.10. The maximum Gasteiger partial charge on any atom is 0.334 e. The maximum absolute atomic E-state index is 13.5. The predicted molar refractivity (Wildman–Crippen MR) is 74.7 cm³/mol. The zero-order valence-corrected chi connectivity index (χ0v) is 12.2. The Morgan fingerprint density at radius 2 is 2.11 bits per heavy atom. The highest BCUT2D eigenvalue weighted by Gasteiger charge is 2.13. The summed E-state index contributed by atoms with van der Waals surface area (Å²) in [6, 6.07) is 4.00. The van der Waals surface area contributed by atoms with Gasteiger partial charge in [0.2, 0.25) is 0 Å². The van der Waals surface area contributed by atoms with Gasteiger partial charge in [0, 0.05) is 0 Å². The summed E-state index contributed by atoms with van der Waals surface area (Å²) < 4.78 is 14.6. The smallest absolute Gasteiger partial charge is 0.297 e. The van der Waals surface area contributed by atoms with Gasteiger partial charge in [0.15, 0.2) is 0 Å². The molecule has 7 heteroatoms. The van der Waals surface area contributed by atoms with Crippen LogP contribution in [-0.2, 0) is 6.42 Å². The maximum atomic E-state index is 13.5. The molecule has 1 N–H and O–H groups in total. The topological polar surface area (TPSA) is 54.9 Å². The van der Waals surface area contributed by atoms with Crippen molar-refractivity contribution in [2.75, 3.05) is 0 Å². The molecule has 1 aromatic heterocycles. The minimum absolute atomic E-state index is 0.0198. The molecule has 0 saturated carbocycles. The number of nitrogens with zero attached hydrogens (tertiary/aromatic N) is 1. The van der Waals surface area contributed by atoms with Crippen LogP contribution in [0.15, 0.2) is 32.3 Å². The van der Waals surface area contributed by atoms with Crippen molar-refractivity contribution in [3.8, 4) is 5.69 Å². The molecule has 1 aromatic carbocycles. The van der Waals surface area contributed by atoms with Gasteiger partial charge >= 0.3 is 5.69 Å². The van der Waals surface area contributed by atoms with E-state index in [0.29, 0.717) is 6.42 Å². The second-order valence-electron chi connectivity index (χ2n) is 3.82. The van der Waals surface area contributed by atoms with Gasteiger partial charge in [0.1, 0.15) is 11.0 Å². The molecular formula is C12H9BrClFN2O2. The lowest BCUT2D eigenvalue weighted by molar-refractivity contribution is 0.619. The molecule has 100 valence electrons. The van der Waals surface area contributed by atoms with Gasteiger partial charge in [-0.05, 0) is 40.5 Å². The van der Waals surface area contributed by atoms with Crippen molar-refractivity contribution < 1.29 is 4.39 Å². The molecule has 0 amide bonds. The van der Waals surface area contributed by atoms with Crippen LogP contribution in [0.5, 0.6) is 0 Å². The van der Waals surface area contributed by atoms with E-state index in [9.17, 15) is 14.0 Å². The van der Waals surface area contributed by atoms with Gasteiger partial charge in [-0.2, -0.15) is 0 Å². The zero-order chi connectivity index (χ0) is 14.2. The molecule has 0 spiro atoms. The van der Waals surface area contributed by atoms with Crippen molar-refractivity contribution in [2.24, 2.45) is 0 Å². The molecular weight excluding hydrogens is 338 g/mol. The minimum Gasteiger partial charge on any atom is -0.297 e. The SMILES string of the molecule is CCc1c(Cl)[nH]c(=O)n(-c2ccc(Br)c(F)c2)c1=O. The average molecular weight is 348 g/mol. The van der Waals surface area contributed by atoms with E-state index in [0.717, 1.165) is 10.6 Å². The molecule has 0 aliphatic carbocycles. The minimum atomic E-state index is -0.700. The number of nitrogens with one attached hydrogen (secondary N) is 1. The van der Waals surface area contributed by atoms with Crippen molar-refractivity contribution in [1.29, 1.82) is 0 Å². The third-order valence-corrected chi connectivity index (χ3v) is 3.63. The fourth-order valence-electron chi connectivity index (χ4n) is 1.71. The average Bonchev–Trinajstić information content (AvgIpc) is 2.33. The number of H-pyrrole nitrogens is 1. The van der Waals surface area contributed by atoms with Gasteiger partial charge in [0.25, 0.3) is 5.56 Å². The Hall–Kier alpha value is -1.40. The van der Waals surface area contributed by atoms with Crippen LogP contribution in [0.4, 0.5) is 4.39 Å². The van der Waals surface area contributed by atoms with Gasteiger partial charge in [0.05, 0.1) is 15.7 Å². The number of rotatable bonds is 2. The van der Waals surface area contributed by atoms with Crippen LogP contribution in [0, 0.1) is 5.82 Å². The molecule has 0 aliphatic rings. The van der Waals surface area contributed by atoms with E-state index in [4.69, 9.17) is 11.6 Å². The van der Waals surface area contributed by atoms with Crippen LogP contribution in [0.2, 0.25) is 5.15 Å². The first-order valence-electron chi connectivity index (χ1n) is 5.44. The zero-order valence-electron chi connectivity index (χ0n) is 9.84. The Bertz CT molecular complexity index is 754. The number of hydrogen-bond donors (Lipinski definition) is 1. The lowest BCUT2D eigenvalue weighted by Gasteiger charge is -2.08. The van der Waals surface area contributed by atoms with Crippen molar-refractivity contribution in [3.63, 3.8) is 0 Å². The molecule has 0 bridgehead atoms. The van der Waals surface area contributed by atoms with Crippen molar-refractivity contribution in [2.45, 2.75) is 13.3 Å². The fourth-order valence-corrected chi connectivity index (χ4v) is 2.25. The van der Waals surface area contributed by atoms with Gasteiger partial charge in [-0.1, -0.05) is 18.5 Å². The van der Waals surface area contributed by atoms with Crippen LogP contribution in [0.3, 0.4) is 0 Å². The Balaban J connectivity index is 2.79. The van der Waals surface area contributed by atoms with E-state index >= 15 is 0 Å². The Morgan fingerprint density at radius 1 is 1.42 bits per heavy atom. The highest BCUT2D eigenvalue weighted by Crippen LogP contribution is 2.17. The first-order chi connectivity index (χ1) is 8.95. The number of aromatic amines is 1. The lowest BCUT2D eigenvalue weighted by atomic mass is 10.2. The van der Waals surface area contributed by atoms with Gasteiger partial charge in [-0.15, -0.1) is 0 Å². The molecule has 0 fully saturated rings. The van der Waals surface area contributed by atoms with Crippen LogP contribution >= 0.6 is 27.5 Å². The molecule has 2 aromatic rings. The van der Waals surface area contributed by atoms with E-state index < -0.39 is 17.1 Å². The predicted octanol–water partition coefficient (Wildman–Crippen LogP) is 2.64. The van der Waals surface area contributed by atoms with Gasteiger partial charge in [-0.25, -0.2) is 13.8 Å². The van der Waals surface area contributed by atoms with E-state index in [2.05, 4.69) is 20.9 Å². The third kappa shape index (κ3) is 2.50. The molecule has 4 nitrogen and oxygen atoms in total. The molecule has 0 saturated heterocycles. The molecule has 19 heavy (non-hydrogen) atoms. The van der Waals surface area contributed by atoms with E-state index in [1.54, 1.807) is 6.92 Å². The highest BCUT2D eigenvalue weighted by atomic mass is 79.9. The summed E-state index contributed by atoms with van der Waals surface area (Å²) in [6.07, 6.45) is 0.369. The lowest BCUT2D eigenvalue weighted by Crippen LogP contribution is -2.36. The summed E-state index contributed by atoms with van der Waals surface area (Å²) in [5.41, 5.74) is -0.810. The van der Waals surface area contributed by atoms with E-state index in [1.807, 2.05) is 0 Å². The summed E-state index contributed by atoms with van der Waals surface area (Å²) in [5.74, 6) is -0.559. The van der Waals surface area contributed by atoms with Crippen LogP contribution in [0.1, 0.15) is 12.5 Å².